The van der Waals surface area contributed by atoms with Gasteiger partial charge in [0, 0.05) is 30.3 Å². The topological polar surface area (TPSA) is 203 Å². The second-order valence-corrected chi connectivity index (χ2v) is 13.6. The van der Waals surface area contributed by atoms with E-state index in [-0.39, 0.29) is 44.1 Å². The predicted octanol–water partition coefficient (Wildman–Crippen LogP) is -1.31. The molecule has 5 fully saturated rings. The van der Waals surface area contributed by atoms with Crippen LogP contribution < -0.4 is 0 Å². The fraction of sp³-hybridized carbons (Fsp3) is 0.862. The molecule has 12 heteroatoms. The van der Waals surface area contributed by atoms with Gasteiger partial charge in [0.15, 0.2) is 6.29 Å². The Kier molecular flexibility index (Phi) is 7.24. The lowest BCUT2D eigenvalue weighted by Gasteiger charge is -2.65. The first-order chi connectivity index (χ1) is 19.3. The number of aldehydes is 1. The zero-order valence-corrected chi connectivity index (χ0v) is 23.2. The maximum Gasteiger partial charge on any atom is 0.331 e. The highest BCUT2D eigenvalue weighted by atomic mass is 16.7. The van der Waals surface area contributed by atoms with Crippen LogP contribution in [0.15, 0.2) is 11.6 Å². The Hall–Kier alpha value is -1.48. The molecule has 0 spiro atoms. The number of aliphatic hydroxyl groups is 7. The fourth-order valence-electron chi connectivity index (χ4n) is 9.88. The van der Waals surface area contributed by atoms with E-state index in [0.29, 0.717) is 31.3 Å². The van der Waals surface area contributed by atoms with Crippen LogP contribution in [0.5, 0.6) is 0 Å². The number of carbonyl (C=O) groups is 2. The number of fused-ring (bicyclic) bond motifs is 5. The van der Waals surface area contributed by atoms with Crippen LogP contribution in [0.25, 0.3) is 0 Å². The number of hydrogen-bond acceptors (Lipinski definition) is 12. The second-order valence-electron chi connectivity index (χ2n) is 13.6. The summed E-state index contributed by atoms with van der Waals surface area (Å²) in [7, 11) is 0. The van der Waals surface area contributed by atoms with Gasteiger partial charge in [-0.3, -0.25) is 0 Å². The Morgan fingerprint density at radius 3 is 2.39 bits per heavy atom. The summed E-state index contributed by atoms with van der Waals surface area (Å²) >= 11 is 0. The Balaban J connectivity index is 1.23. The summed E-state index contributed by atoms with van der Waals surface area (Å²) < 4.78 is 16.6. The van der Waals surface area contributed by atoms with Crippen LogP contribution in [0.3, 0.4) is 0 Å². The molecule has 0 bridgehead atoms. The van der Waals surface area contributed by atoms with Crippen molar-refractivity contribution in [1.82, 2.24) is 0 Å². The van der Waals surface area contributed by atoms with Crippen LogP contribution >= 0.6 is 0 Å². The Bertz CT molecular complexity index is 1100. The van der Waals surface area contributed by atoms with Crippen molar-refractivity contribution in [3.05, 3.63) is 11.6 Å². The average Bonchev–Trinajstić information content (AvgIpc) is 3.44. The Labute approximate surface area is 237 Å². The molecule has 2 heterocycles. The van der Waals surface area contributed by atoms with E-state index in [1.807, 2.05) is 6.92 Å². The monoisotopic (exact) mass is 582 g/mol. The smallest absolute Gasteiger partial charge is 0.331 e. The first-order valence-electron chi connectivity index (χ1n) is 14.8. The minimum Gasteiger partial charge on any atom is -0.458 e. The van der Waals surface area contributed by atoms with Crippen LogP contribution in [-0.4, -0.2) is 115 Å². The van der Waals surface area contributed by atoms with Gasteiger partial charge in [0.2, 0.25) is 0 Å². The van der Waals surface area contributed by atoms with Gasteiger partial charge in [-0.2, -0.15) is 0 Å². The molecule has 0 aromatic heterocycles. The number of carbonyl (C=O) groups excluding carboxylic acids is 2. The van der Waals surface area contributed by atoms with E-state index in [1.165, 1.54) is 6.08 Å². The number of hydrogen-bond donors (Lipinski definition) is 7. The summed E-state index contributed by atoms with van der Waals surface area (Å²) in [4.78, 5) is 24.8. The van der Waals surface area contributed by atoms with Gasteiger partial charge < -0.3 is 54.8 Å². The quantitative estimate of drug-likeness (QED) is 0.115. The van der Waals surface area contributed by atoms with Gasteiger partial charge in [0.25, 0.3) is 0 Å². The minimum absolute atomic E-state index is 0.0667. The molecule has 230 valence electrons. The second kappa shape index (κ2) is 10.0. The molecule has 0 unspecified atom stereocenters. The van der Waals surface area contributed by atoms with Crippen molar-refractivity contribution in [2.24, 2.45) is 28.6 Å². The van der Waals surface area contributed by atoms with Gasteiger partial charge in [-0.1, -0.05) is 6.92 Å². The van der Waals surface area contributed by atoms with E-state index < -0.39 is 83.4 Å². The van der Waals surface area contributed by atoms with E-state index in [2.05, 4.69) is 0 Å². The largest absolute Gasteiger partial charge is 0.458 e. The Morgan fingerprint density at radius 2 is 1.73 bits per heavy atom. The number of ether oxygens (including phenoxy) is 3. The van der Waals surface area contributed by atoms with Crippen molar-refractivity contribution in [3.8, 4) is 0 Å². The lowest BCUT2D eigenvalue weighted by molar-refractivity contribution is -0.322. The molecule has 41 heavy (non-hydrogen) atoms. The average molecular weight is 583 g/mol. The van der Waals surface area contributed by atoms with Gasteiger partial charge in [-0.15, -0.1) is 0 Å². The summed E-state index contributed by atoms with van der Waals surface area (Å²) in [5.74, 6) is -1.60. The third-order valence-electron chi connectivity index (χ3n) is 12.0. The first kappa shape index (κ1) is 29.6. The maximum atomic E-state index is 13.0. The molecular formula is C29H42O12. The third kappa shape index (κ3) is 4.06. The van der Waals surface area contributed by atoms with Gasteiger partial charge in [-0.05, 0) is 55.9 Å². The van der Waals surface area contributed by atoms with Crippen molar-refractivity contribution < 1.29 is 59.5 Å². The molecule has 0 radical (unpaired) electrons. The summed E-state index contributed by atoms with van der Waals surface area (Å²) in [6, 6.07) is 0. The van der Waals surface area contributed by atoms with Crippen LogP contribution in [0, 0.1) is 28.6 Å². The molecule has 1 saturated heterocycles. The zero-order valence-electron chi connectivity index (χ0n) is 23.2. The molecule has 6 aliphatic rings. The minimum atomic E-state index is -1.59. The molecule has 2 aliphatic heterocycles. The highest BCUT2D eigenvalue weighted by Crippen LogP contribution is 2.70. The fourth-order valence-corrected chi connectivity index (χ4v) is 9.88. The van der Waals surface area contributed by atoms with Crippen molar-refractivity contribution >= 4 is 12.3 Å². The normalized spacial score (nSPS) is 54.9. The molecule has 4 aliphatic carbocycles. The molecule has 14 atom stereocenters. The van der Waals surface area contributed by atoms with Crippen LogP contribution in [-0.2, 0) is 23.8 Å². The Morgan fingerprint density at radius 1 is 1.00 bits per heavy atom. The van der Waals surface area contributed by atoms with E-state index in [1.54, 1.807) is 0 Å². The molecule has 0 amide bonds. The third-order valence-corrected chi connectivity index (χ3v) is 12.0. The van der Waals surface area contributed by atoms with E-state index in [9.17, 15) is 45.3 Å². The van der Waals surface area contributed by atoms with E-state index in [4.69, 9.17) is 14.2 Å². The number of cyclic esters (lactones) is 1. The zero-order chi connectivity index (χ0) is 29.5. The lowest BCUT2D eigenvalue weighted by atomic mass is 9.41. The number of esters is 1. The summed E-state index contributed by atoms with van der Waals surface area (Å²) in [5, 5.41) is 75.8. The van der Waals surface area contributed by atoms with Gasteiger partial charge in [0.1, 0.15) is 37.3 Å². The molecular weight excluding hydrogens is 540 g/mol. The molecule has 6 rings (SSSR count). The first-order valence-corrected chi connectivity index (χ1v) is 14.8. The van der Waals surface area contributed by atoms with Crippen LogP contribution in [0.4, 0.5) is 0 Å². The van der Waals surface area contributed by atoms with Crippen molar-refractivity contribution in [2.45, 2.75) is 112 Å². The highest BCUT2D eigenvalue weighted by molar-refractivity contribution is 5.85. The summed E-state index contributed by atoms with van der Waals surface area (Å²) in [6.45, 7) is 1.45. The molecule has 0 aromatic rings. The molecule has 7 N–H and O–H groups in total. The highest BCUT2D eigenvalue weighted by Gasteiger charge is 2.73. The summed E-state index contributed by atoms with van der Waals surface area (Å²) in [5.41, 5.74) is -3.98. The molecule has 4 saturated carbocycles. The van der Waals surface area contributed by atoms with E-state index >= 15 is 0 Å². The van der Waals surface area contributed by atoms with Crippen LogP contribution in [0.2, 0.25) is 0 Å². The van der Waals surface area contributed by atoms with Gasteiger partial charge in [-0.25, -0.2) is 4.79 Å². The van der Waals surface area contributed by atoms with Gasteiger partial charge in [0.05, 0.1) is 35.4 Å². The predicted molar refractivity (Wildman–Crippen MR) is 138 cm³/mol. The van der Waals surface area contributed by atoms with Crippen molar-refractivity contribution in [2.75, 3.05) is 13.2 Å². The summed E-state index contributed by atoms with van der Waals surface area (Å²) in [6.07, 6.45) is -3.93. The molecule has 0 aromatic carbocycles. The lowest BCUT2D eigenvalue weighted by Crippen LogP contribution is -2.69. The van der Waals surface area contributed by atoms with Gasteiger partial charge >= 0.3 is 5.97 Å². The van der Waals surface area contributed by atoms with Crippen molar-refractivity contribution in [3.63, 3.8) is 0 Å². The number of rotatable bonds is 5. The van der Waals surface area contributed by atoms with E-state index in [0.717, 1.165) is 6.29 Å². The van der Waals surface area contributed by atoms with Crippen molar-refractivity contribution in [1.29, 1.82) is 0 Å². The van der Waals surface area contributed by atoms with Crippen LogP contribution in [0.1, 0.15) is 58.3 Å². The SMILES string of the molecule is C[C@]12CC[C@H]3[C@@H](CC[C@]4(O)C[C@@H](O[C@@H]5O[C@H](CO)[C@@H](O)[C@H](O)[C@@H]5O)CC[C@]34C=O)[C@@]1(O)C[C@H](O)[C@@H]2C1=CC(=O)OC1. The molecule has 12 nitrogen and oxygen atoms in total. The number of aliphatic hydroxyl groups excluding tert-OH is 5. The maximum absolute atomic E-state index is 13.0. The standard InChI is InChI=1S/C29H42O12/c1-26-5-3-16-17(29(26,38)10-18(32)21(26)14-8-20(33)39-12-14)4-7-28(37)9-15(2-6-27(16,28)13-31)40-25-24(36)23(35)22(34)19(11-30)41-25/h8,13,15-19,21-25,30,32,34-38H,2-7,9-12H2,1H3/t15-,16-,17+,18-,19+,21-,22+,23-,24-,25+,26+,27-,28-,29-/m0/s1.